The van der Waals surface area contributed by atoms with Crippen LogP contribution in [0.25, 0.3) is 11.3 Å². The first-order valence-corrected chi connectivity index (χ1v) is 9.83. The molecular weight excluding hydrogens is 366 g/mol. The Morgan fingerprint density at radius 2 is 1.86 bits per heavy atom. The first kappa shape index (κ1) is 19.0. The molecule has 2 aromatic heterocycles. The predicted octanol–water partition coefficient (Wildman–Crippen LogP) is 2.98. The summed E-state index contributed by atoms with van der Waals surface area (Å²) >= 11 is 0. The highest BCUT2D eigenvalue weighted by molar-refractivity contribution is 5.95. The predicted molar refractivity (Wildman–Crippen MR) is 109 cm³/mol. The van der Waals surface area contributed by atoms with Gasteiger partial charge < -0.3 is 0 Å². The quantitative estimate of drug-likeness (QED) is 0.647. The molecule has 0 aliphatic carbocycles. The van der Waals surface area contributed by atoms with E-state index in [1.807, 2.05) is 48.0 Å². The van der Waals surface area contributed by atoms with Crippen molar-refractivity contribution >= 4 is 17.5 Å². The lowest BCUT2D eigenvalue weighted by molar-refractivity contribution is -0.123. The van der Waals surface area contributed by atoms with E-state index in [9.17, 15) is 9.59 Å². The van der Waals surface area contributed by atoms with E-state index in [0.717, 1.165) is 35.7 Å². The highest BCUT2D eigenvalue weighted by atomic mass is 16.2. The van der Waals surface area contributed by atoms with E-state index >= 15 is 0 Å². The lowest BCUT2D eigenvalue weighted by atomic mass is 10.1. The molecule has 0 radical (unpaired) electrons. The number of anilines is 1. The Morgan fingerprint density at radius 1 is 1.03 bits per heavy atom. The van der Waals surface area contributed by atoms with E-state index in [1.54, 1.807) is 17.3 Å². The molecule has 29 heavy (non-hydrogen) atoms. The van der Waals surface area contributed by atoms with Crippen molar-refractivity contribution in [3.05, 3.63) is 60.2 Å². The molecule has 0 fully saturated rings. The molecule has 7 nitrogen and oxygen atoms in total. The number of carbonyl (C=O) groups excluding carboxylic acids is 2. The van der Waals surface area contributed by atoms with Crippen molar-refractivity contribution < 1.29 is 9.59 Å². The molecule has 7 heteroatoms. The zero-order chi connectivity index (χ0) is 20.2. The number of hydrogen-bond acceptors (Lipinski definition) is 5. The number of amides is 1. The summed E-state index contributed by atoms with van der Waals surface area (Å²) in [6, 6.07) is 11.7. The molecule has 1 amide bonds. The molecular formula is C22H23N5O2. The lowest BCUT2D eigenvalue weighted by Crippen LogP contribution is -2.37. The third kappa shape index (κ3) is 4.39. The number of Topliss-reactive ketones (excluding diaryl/α,β-unsaturated/α-hetero) is 1. The minimum atomic E-state index is -0.0373. The van der Waals surface area contributed by atoms with Crippen LogP contribution in [0, 0.1) is 6.92 Å². The Kier molecular flexibility index (Phi) is 5.46. The van der Waals surface area contributed by atoms with E-state index in [2.05, 4.69) is 15.1 Å². The van der Waals surface area contributed by atoms with Crippen molar-refractivity contribution in [3.8, 4) is 11.3 Å². The van der Waals surface area contributed by atoms with Crippen LogP contribution < -0.4 is 4.90 Å². The van der Waals surface area contributed by atoms with Gasteiger partial charge in [-0.25, -0.2) is 4.68 Å². The number of hydrogen-bond donors (Lipinski definition) is 0. The van der Waals surface area contributed by atoms with E-state index in [0.29, 0.717) is 12.2 Å². The van der Waals surface area contributed by atoms with Gasteiger partial charge in [-0.2, -0.15) is 5.10 Å². The summed E-state index contributed by atoms with van der Waals surface area (Å²) in [4.78, 5) is 35.5. The summed E-state index contributed by atoms with van der Waals surface area (Å²) in [7, 11) is 0. The van der Waals surface area contributed by atoms with Crippen molar-refractivity contribution in [1.29, 1.82) is 0 Å². The van der Waals surface area contributed by atoms with Crippen LogP contribution in [0.2, 0.25) is 0 Å². The topological polar surface area (TPSA) is 81.0 Å². The van der Waals surface area contributed by atoms with Gasteiger partial charge in [0.25, 0.3) is 0 Å². The van der Waals surface area contributed by atoms with E-state index in [4.69, 9.17) is 0 Å². The summed E-state index contributed by atoms with van der Waals surface area (Å²) in [5.74, 6) is 0.778. The normalized spacial score (nSPS) is 13.2. The van der Waals surface area contributed by atoms with Crippen LogP contribution in [-0.2, 0) is 22.6 Å². The van der Waals surface area contributed by atoms with Gasteiger partial charge in [0.05, 0.1) is 29.7 Å². The first-order chi connectivity index (χ1) is 14.1. The lowest BCUT2D eigenvalue weighted by Gasteiger charge is -2.27. The molecule has 0 bridgehead atoms. The molecule has 0 atom stereocenters. The zero-order valence-corrected chi connectivity index (χ0v) is 16.4. The Labute approximate surface area is 169 Å². The largest absolute Gasteiger partial charge is 0.299 e. The fourth-order valence-electron chi connectivity index (χ4n) is 3.54. The minimum absolute atomic E-state index is 0.0122. The number of nitrogens with zero attached hydrogens (tertiary/aromatic N) is 5. The second kappa shape index (κ2) is 8.34. The molecule has 3 aromatic rings. The zero-order valence-electron chi connectivity index (χ0n) is 16.4. The van der Waals surface area contributed by atoms with Gasteiger partial charge in [-0.05, 0) is 13.3 Å². The second-order valence-corrected chi connectivity index (χ2v) is 7.24. The molecule has 1 aliphatic heterocycles. The molecule has 0 unspecified atom stereocenters. The summed E-state index contributed by atoms with van der Waals surface area (Å²) in [6.07, 6.45) is 4.76. The molecule has 1 aromatic carbocycles. The smallest absolute Gasteiger partial charge is 0.228 e. The van der Waals surface area contributed by atoms with Crippen LogP contribution in [0.15, 0.2) is 48.8 Å². The monoisotopic (exact) mass is 389 g/mol. The van der Waals surface area contributed by atoms with E-state index in [-0.39, 0.29) is 31.0 Å². The van der Waals surface area contributed by atoms with Gasteiger partial charge >= 0.3 is 0 Å². The molecule has 4 rings (SSSR count). The van der Waals surface area contributed by atoms with Gasteiger partial charge in [0, 0.05) is 43.8 Å². The molecule has 0 spiro atoms. The first-order valence-electron chi connectivity index (χ1n) is 9.83. The third-order valence-corrected chi connectivity index (χ3v) is 4.98. The molecule has 0 saturated carbocycles. The van der Waals surface area contributed by atoms with Crippen LogP contribution in [0.3, 0.4) is 0 Å². The Bertz CT molecular complexity index is 1010. The van der Waals surface area contributed by atoms with Crippen LogP contribution in [0.5, 0.6) is 0 Å². The number of benzene rings is 1. The van der Waals surface area contributed by atoms with Crippen LogP contribution in [0.1, 0.15) is 30.7 Å². The maximum Gasteiger partial charge on any atom is 0.228 e. The minimum Gasteiger partial charge on any atom is -0.299 e. The number of ketones is 1. The van der Waals surface area contributed by atoms with E-state index < -0.39 is 0 Å². The summed E-state index contributed by atoms with van der Waals surface area (Å²) in [6.45, 7) is 3.41. The Morgan fingerprint density at radius 3 is 2.62 bits per heavy atom. The molecule has 0 saturated heterocycles. The van der Waals surface area contributed by atoms with Gasteiger partial charge in [-0.15, -0.1) is 0 Å². The molecule has 148 valence electrons. The molecule has 0 N–H and O–H groups in total. The highest BCUT2D eigenvalue weighted by Gasteiger charge is 2.24. The summed E-state index contributed by atoms with van der Waals surface area (Å²) in [5.41, 5.74) is 3.27. The van der Waals surface area contributed by atoms with E-state index in [1.165, 1.54) is 0 Å². The van der Waals surface area contributed by atoms with Crippen LogP contribution >= 0.6 is 0 Å². The van der Waals surface area contributed by atoms with Crippen molar-refractivity contribution in [2.45, 2.75) is 39.2 Å². The average Bonchev–Trinajstić information content (AvgIpc) is 3.13. The standard InChI is InChI=1S/C22H23N5O2/c1-16-12-21-26(10-5-11-27(21)25-16)22(29)9-8-19(28)13-18-14-24-20(15-23-18)17-6-3-2-4-7-17/h2-4,6-7,12,14-15H,5,8-11,13H2,1H3. The van der Waals surface area contributed by atoms with Gasteiger partial charge in [0.2, 0.25) is 5.91 Å². The average molecular weight is 389 g/mol. The van der Waals surface area contributed by atoms with Gasteiger partial charge in [0.1, 0.15) is 11.6 Å². The number of rotatable bonds is 6. The summed E-state index contributed by atoms with van der Waals surface area (Å²) in [5, 5.41) is 4.40. The highest BCUT2D eigenvalue weighted by Crippen LogP contribution is 2.22. The van der Waals surface area contributed by atoms with Crippen molar-refractivity contribution in [2.75, 3.05) is 11.4 Å². The molecule has 1 aliphatic rings. The second-order valence-electron chi connectivity index (χ2n) is 7.24. The Balaban J connectivity index is 1.32. The van der Waals surface area contributed by atoms with Crippen molar-refractivity contribution in [2.24, 2.45) is 0 Å². The third-order valence-electron chi connectivity index (χ3n) is 4.98. The van der Waals surface area contributed by atoms with Gasteiger partial charge in [0.15, 0.2) is 0 Å². The number of aryl methyl sites for hydroxylation is 2. The van der Waals surface area contributed by atoms with Crippen molar-refractivity contribution in [1.82, 2.24) is 19.7 Å². The fourth-order valence-corrected chi connectivity index (χ4v) is 3.54. The Hall–Kier alpha value is -3.35. The van der Waals surface area contributed by atoms with Crippen molar-refractivity contribution in [3.63, 3.8) is 0 Å². The summed E-state index contributed by atoms with van der Waals surface area (Å²) < 4.78 is 1.86. The molecule has 3 heterocycles. The SMILES string of the molecule is Cc1cc2n(n1)CCCN2C(=O)CCC(=O)Cc1cnc(-c2ccccc2)cn1. The van der Waals surface area contributed by atoms with Crippen LogP contribution in [-0.4, -0.2) is 38.0 Å². The maximum atomic E-state index is 12.6. The van der Waals surface area contributed by atoms with Crippen LogP contribution in [0.4, 0.5) is 5.82 Å². The number of aromatic nitrogens is 4. The van der Waals surface area contributed by atoms with Gasteiger partial charge in [-0.3, -0.25) is 24.5 Å². The fraction of sp³-hybridized carbons (Fsp3) is 0.318. The maximum absolute atomic E-state index is 12.6. The number of fused-ring (bicyclic) bond motifs is 1. The van der Waals surface area contributed by atoms with Gasteiger partial charge in [-0.1, -0.05) is 30.3 Å². The number of carbonyl (C=O) groups is 2.